The van der Waals surface area contributed by atoms with Gasteiger partial charge >= 0.3 is 5.97 Å². The zero-order valence-electron chi connectivity index (χ0n) is 24.4. The first-order valence-corrected chi connectivity index (χ1v) is 14.1. The topological polar surface area (TPSA) is 143 Å². The highest BCUT2D eigenvalue weighted by molar-refractivity contribution is 6.27. The van der Waals surface area contributed by atoms with Crippen LogP contribution < -0.4 is 21.3 Å². The van der Waals surface area contributed by atoms with E-state index in [2.05, 4.69) is 21.3 Å². The standard InChI is InChI=1S/C24H35ClN4O6.2C2H6/c1-4-22(33)35-15-17-8-10-18(11-9-17)28-21(32)14-27-24(34)23(16(2)3)29-19(30)7-5-6-12-26-20(31)13-25;2*1-2/h8-11,16,23H,4-7,12-15H2,1-3H3,(H,26,31)(H,27,34)(H,28,32)(H,29,30);2*1-2H3. The van der Waals surface area contributed by atoms with Crippen LogP contribution in [0.25, 0.3) is 0 Å². The van der Waals surface area contributed by atoms with E-state index >= 15 is 0 Å². The van der Waals surface area contributed by atoms with Gasteiger partial charge in [-0.25, -0.2) is 0 Å². The SMILES string of the molecule is CC.CC.CCC(=O)OCc1ccc(NC(=O)CNC(=O)C(NC(=O)CCCCNC(=O)CCl)C(C)C)cc1. The van der Waals surface area contributed by atoms with Crippen LogP contribution in [0.1, 0.15) is 79.7 Å². The Morgan fingerprint density at radius 3 is 2.03 bits per heavy atom. The van der Waals surface area contributed by atoms with E-state index in [-0.39, 0.29) is 49.2 Å². The molecule has 0 radical (unpaired) electrons. The number of nitrogens with one attached hydrogen (secondary N) is 4. The van der Waals surface area contributed by atoms with Gasteiger partial charge in [0.25, 0.3) is 0 Å². The third-order valence-corrected chi connectivity index (χ3v) is 5.13. The molecule has 0 saturated heterocycles. The maximum Gasteiger partial charge on any atom is 0.305 e. The first-order chi connectivity index (χ1) is 18.7. The highest BCUT2D eigenvalue weighted by Gasteiger charge is 2.24. The van der Waals surface area contributed by atoms with E-state index < -0.39 is 17.9 Å². The van der Waals surface area contributed by atoms with Crippen LogP contribution in [0.5, 0.6) is 0 Å². The minimum absolute atomic E-state index is 0.103. The Bertz CT molecular complexity index is 862. The molecule has 0 aliphatic carbocycles. The number of carbonyl (C=O) groups is 5. The fourth-order valence-corrected chi connectivity index (χ4v) is 2.99. The minimum atomic E-state index is -0.781. The van der Waals surface area contributed by atoms with Crippen LogP contribution in [0.4, 0.5) is 5.69 Å². The second kappa shape index (κ2) is 23.9. The van der Waals surface area contributed by atoms with Crippen LogP contribution in [-0.2, 0) is 35.3 Å². The Morgan fingerprint density at radius 1 is 0.872 bits per heavy atom. The van der Waals surface area contributed by atoms with Crippen LogP contribution in [0.15, 0.2) is 24.3 Å². The summed E-state index contributed by atoms with van der Waals surface area (Å²) in [5.41, 5.74) is 1.32. The zero-order chi connectivity index (χ0) is 30.2. The molecule has 0 aliphatic rings. The van der Waals surface area contributed by atoms with Crippen molar-refractivity contribution in [2.75, 3.05) is 24.3 Å². The number of rotatable bonds is 15. The molecule has 1 aromatic carbocycles. The Labute approximate surface area is 238 Å². The van der Waals surface area contributed by atoms with Crippen molar-refractivity contribution < 1.29 is 28.7 Å². The van der Waals surface area contributed by atoms with Gasteiger partial charge in [-0.15, -0.1) is 11.6 Å². The van der Waals surface area contributed by atoms with E-state index in [1.54, 1.807) is 45.0 Å². The largest absolute Gasteiger partial charge is 0.461 e. The molecule has 222 valence electrons. The number of amides is 4. The number of hydrogen-bond donors (Lipinski definition) is 4. The van der Waals surface area contributed by atoms with Gasteiger partial charge in [0.1, 0.15) is 18.5 Å². The molecule has 1 atom stereocenters. The number of hydrogen-bond acceptors (Lipinski definition) is 6. The number of alkyl halides is 1. The summed E-state index contributed by atoms with van der Waals surface area (Å²) in [5.74, 6) is -1.99. The van der Waals surface area contributed by atoms with Gasteiger partial charge in [0.15, 0.2) is 0 Å². The zero-order valence-corrected chi connectivity index (χ0v) is 25.2. The van der Waals surface area contributed by atoms with Gasteiger partial charge < -0.3 is 26.0 Å². The van der Waals surface area contributed by atoms with Gasteiger partial charge in [0.05, 0.1) is 6.54 Å². The average Bonchev–Trinajstić information content (AvgIpc) is 2.95. The molecule has 0 saturated carbocycles. The predicted molar refractivity (Wildman–Crippen MR) is 155 cm³/mol. The van der Waals surface area contributed by atoms with Gasteiger partial charge in [-0.1, -0.05) is 60.6 Å². The summed E-state index contributed by atoms with van der Waals surface area (Å²) >= 11 is 5.39. The molecule has 1 rings (SSSR count). The first-order valence-electron chi connectivity index (χ1n) is 13.6. The Hall–Kier alpha value is -3.14. The number of carbonyl (C=O) groups excluding carboxylic acids is 5. The normalized spacial score (nSPS) is 10.5. The highest BCUT2D eigenvalue weighted by Crippen LogP contribution is 2.11. The van der Waals surface area contributed by atoms with Crippen molar-refractivity contribution in [1.29, 1.82) is 0 Å². The van der Waals surface area contributed by atoms with Crippen LogP contribution in [0.3, 0.4) is 0 Å². The smallest absolute Gasteiger partial charge is 0.305 e. The third-order valence-electron chi connectivity index (χ3n) is 4.89. The summed E-state index contributed by atoms with van der Waals surface area (Å²) in [6.45, 7) is 13.6. The molecular weight excluding hydrogens is 524 g/mol. The first kappa shape index (κ1) is 38.0. The molecule has 4 N–H and O–H groups in total. The second-order valence-corrected chi connectivity index (χ2v) is 8.47. The highest BCUT2D eigenvalue weighted by atomic mass is 35.5. The van der Waals surface area contributed by atoms with E-state index in [1.807, 2.05) is 27.7 Å². The lowest BCUT2D eigenvalue weighted by atomic mass is 10.0. The number of ether oxygens (including phenoxy) is 1. The van der Waals surface area contributed by atoms with Gasteiger partial charge in [0.2, 0.25) is 23.6 Å². The maximum absolute atomic E-state index is 12.6. The van der Waals surface area contributed by atoms with Crippen molar-refractivity contribution >= 4 is 46.9 Å². The predicted octanol–water partition coefficient (Wildman–Crippen LogP) is 3.91. The van der Waals surface area contributed by atoms with Crippen molar-refractivity contribution in [3.63, 3.8) is 0 Å². The monoisotopic (exact) mass is 570 g/mol. The molecule has 39 heavy (non-hydrogen) atoms. The quantitative estimate of drug-likeness (QED) is 0.143. The third kappa shape index (κ3) is 18.7. The molecule has 0 aromatic heterocycles. The molecule has 1 aromatic rings. The van der Waals surface area contributed by atoms with Crippen molar-refractivity contribution in [1.82, 2.24) is 16.0 Å². The summed E-state index contributed by atoms with van der Waals surface area (Å²) in [6, 6.07) is 6.03. The molecule has 0 aliphatic heterocycles. The fraction of sp³-hybridized carbons (Fsp3) is 0.607. The lowest BCUT2D eigenvalue weighted by Gasteiger charge is -2.21. The van der Waals surface area contributed by atoms with E-state index in [4.69, 9.17) is 16.3 Å². The number of benzene rings is 1. The summed E-state index contributed by atoms with van der Waals surface area (Å²) in [6.07, 6.45) is 1.67. The van der Waals surface area contributed by atoms with Gasteiger partial charge in [-0.2, -0.15) is 0 Å². The molecular formula is C28H47ClN4O6. The van der Waals surface area contributed by atoms with Crippen LogP contribution >= 0.6 is 11.6 Å². The number of halogens is 1. The van der Waals surface area contributed by atoms with E-state index in [0.29, 0.717) is 31.5 Å². The molecule has 10 nitrogen and oxygen atoms in total. The van der Waals surface area contributed by atoms with Crippen LogP contribution in [-0.4, -0.2) is 54.6 Å². The fourth-order valence-electron chi connectivity index (χ4n) is 2.90. The molecule has 4 amide bonds. The summed E-state index contributed by atoms with van der Waals surface area (Å²) < 4.78 is 5.05. The number of esters is 1. The van der Waals surface area contributed by atoms with E-state index in [1.165, 1.54) is 0 Å². The van der Waals surface area contributed by atoms with E-state index in [0.717, 1.165) is 5.56 Å². The summed E-state index contributed by atoms with van der Waals surface area (Å²) in [4.78, 5) is 59.3. The second-order valence-electron chi connectivity index (χ2n) is 8.21. The molecule has 0 spiro atoms. The van der Waals surface area contributed by atoms with Crippen molar-refractivity contribution in [2.24, 2.45) is 5.92 Å². The van der Waals surface area contributed by atoms with Crippen molar-refractivity contribution in [3.8, 4) is 0 Å². The van der Waals surface area contributed by atoms with Gasteiger partial charge in [-0.3, -0.25) is 24.0 Å². The van der Waals surface area contributed by atoms with Crippen molar-refractivity contribution in [3.05, 3.63) is 29.8 Å². The minimum Gasteiger partial charge on any atom is -0.461 e. The lowest BCUT2D eigenvalue weighted by Crippen LogP contribution is -2.51. The van der Waals surface area contributed by atoms with Crippen molar-refractivity contribution in [2.45, 2.75) is 86.8 Å². The van der Waals surface area contributed by atoms with Gasteiger partial charge in [0, 0.05) is 25.1 Å². The number of unbranched alkanes of at least 4 members (excludes halogenated alkanes) is 1. The Kier molecular flexibility index (Phi) is 23.3. The molecule has 0 heterocycles. The molecule has 1 unspecified atom stereocenters. The summed E-state index contributed by atoms with van der Waals surface area (Å²) in [5, 5.41) is 10.6. The average molecular weight is 571 g/mol. The number of anilines is 1. The van der Waals surface area contributed by atoms with Gasteiger partial charge in [-0.05, 0) is 36.5 Å². The van der Waals surface area contributed by atoms with Crippen LogP contribution in [0, 0.1) is 5.92 Å². The Balaban J connectivity index is 0. The molecule has 0 fully saturated rings. The summed E-state index contributed by atoms with van der Waals surface area (Å²) in [7, 11) is 0. The van der Waals surface area contributed by atoms with Crippen LogP contribution in [0.2, 0.25) is 0 Å². The molecule has 11 heteroatoms. The molecule has 0 bridgehead atoms. The maximum atomic E-state index is 12.6. The Morgan fingerprint density at radius 2 is 1.49 bits per heavy atom. The van der Waals surface area contributed by atoms with E-state index in [9.17, 15) is 24.0 Å². The lowest BCUT2D eigenvalue weighted by molar-refractivity contribution is -0.144.